The summed E-state index contributed by atoms with van der Waals surface area (Å²) in [7, 11) is -3.29. The number of carbonyl (C=O) groups is 1. The summed E-state index contributed by atoms with van der Waals surface area (Å²) >= 11 is 1.57. The first-order valence-electron chi connectivity index (χ1n) is 9.42. The first-order chi connectivity index (χ1) is 13.3. The first-order valence-corrected chi connectivity index (χ1v) is 12.2. The summed E-state index contributed by atoms with van der Waals surface area (Å²) in [6.45, 7) is 1.08. The van der Waals surface area contributed by atoms with Crippen LogP contribution in [0.15, 0.2) is 35.7 Å². The molecule has 0 spiro atoms. The van der Waals surface area contributed by atoms with Gasteiger partial charge in [0.1, 0.15) is 5.82 Å². The van der Waals surface area contributed by atoms with Gasteiger partial charge in [-0.25, -0.2) is 17.5 Å². The van der Waals surface area contributed by atoms with Crippen LogP contribution in [0, 0.1) is 11.7 Å². The van der Waals surface area contributed by atoms with Crippen LogP contribution in [0.3, 0.4) is 0 Å². The fourth-order valence-electron chi connectivity index (χ4n) is 4.08. The fourth-order valence-corrected chi connectivity index (χ4v) is 5.97. The molecule has 2 aliphatic rings. The van der Waals surface area contributed by atoms with Crippen molar-refractivity contribution in [3.8, 4) is 11.1 Å². The van der Waals surface area contributed by atoms with Crippen LogP contribution in [-0.4, -0.2) is 44.6 Å². The second-order valence-corrected chi connectivity index (χ2v) is 10.4. The Morgan fingerprint density at radius 3 is 2.79 bits per heavy atom. The summed E-state index contributed by atoms with van der Waals surface area (Å²) in [5, 5.41) is 1.95. The molecule has 2 heterocycles. The SMILES string of the molecule is CS(=O)(=O)N[C@@H]1CCCN(C(=O)[C@@H]2C[C@H]2c2sccc2-c2ccccc2F)C1. The van der Waals surface area contributed by atoms with Gasteiger partial charge in [-0.05, 0) is 42.3 Å². The van der Waals surface area contributed by atoms with Crippen LogP contribution < -0.4 is 4.72 Å². The molecule has 1 aliphatic carbocycles. The predicted octanol–water partition coefficient (Wildman–Crippen LogP) is 3.20. The molecule has 1 amide bonds. The highest BCUT2D eigenvalue weighted by Crippen LogP contribution is 2.53. The molecule has 150 valence electrons. The Hall–Kier alpha value is -1.77. The van der Waals surface area contributed by atoms with Gasteiger partial charge in [0, 0.05) is 41.4 Å². The number of likely N-dealkylation sites (tertiary alicyclic amines) is 1. The molecule has 0 radical (unpaired) electrons. The lowest BCUT2D eigenvalue weighted by Crippen LogP contribution is -2.49. The highest BCUT2D eigenvalue weighted by molar-refractivity contribution is 7.88. The summed E-state index contributed by atoms with van der Waals surface area (Å²) in [4.78, 5) is 15.8. The largest absolute Gasteiger partial charge is 0.341 e. The maximum atomic E-state index is 14.2. The predicted molar refractivity (Wildman–Crippen MR) is 108 cm³/mol. The van der Waals surface area contributed by atoms with Gasteiger partial charge in [-0.15, -0.1) is 11.3 Å². The van der Waals surface area contributed by atoms with Crippen molar-refractivity contribution in [2.24, 2.45) is 5.92 Å². The van der Waals surface area contributed by atoms with Gasteiger partial charge in [0.2, 0.25) is 15.9 Å². The fraction of sp³-hybridized carbons (Fsp3) is 0.450. The van der Waals surface area contributed by atoms with Gasteiger partial charge in [0.15, 0.2) is 0 Å². The lowest BCUT2D eigenvalue weighted by molar-refractivity contribution is -0.133. The van der Waals surface area contributed by atoms with Crippen molar-refractivity contribution in [1.82, 2.24) is 9.62 Å². The number of nitrogens with zero attached hydrogens (tertiary/aromatic N) is 1. The van der Waals surface area contributed by atoms with E-state index in [0.717, 1.165) is 36.0 Å². The molecule has 1 aromatic carbocycles. The standard InChI is InChI=1S/C20H23FN2O3S2/c1-28(25,26)22-13-5-4-9-23(12-13)20(24)17-11-16(17)19-15(8-10-27-19)14-6-2-3-7-18(14)21/h2-3,6-8,10,13,16-17,22H,4-5,9,11-12H2,1H3/t13-,16-,17-/m1/s1. The number of sulfonamides is 1. The number of nitrogens with one attached hydrogen (secondary N) is 1. The Labute approximate surface area is 168 Å². The zero-order valence-corrected chi connectivity index (χ0v) is 17.2. The molecule has 0 unspecified atom stereocenters. The van der Waals surface area contributed by atoms with E-state index in [4.69, 9.17) is 0 Å². The summed E-state index contributed by atoms with van der Waals surface area (Å²) in [6, 6.07) is 8.41. The maximum absolute atomic E-state index is 14.2. The second-order valence-electron chi connectivity index (χ2n) is 7.64. The minimum absolute atomic E-state index is 0.0814. The number of amides is 1. The molecule has 2 fully saturated rings. The molecule has 8 heteroatoms. The minimum atomic E-state index is -3.29. The van der Waals surface area contributed by atoms with Crippen molar-refractivity contribution in [3.05, 3.63) is 46.4 Å². The maximum Gasteiger partial charge on any atom is 0.226 e. The molecule has 5 nitrogen and oxygen atoms in total. The topological polar surface area (TPSA) is 66.5 Å². The Morgan fingerprint density at radius 2 is 2.04 bits per heavy atom. The number of halogens is 1. The van der Waals surface area contributed by atoms with E-state index in [9.17, 15) is 17.6 Å². The van der Waals surface area contributed by atoms with Crippen LogP contribution in [0.4, 0.5) is 4.39 Å². The molecule has 4 rings (SSSR count). The van der Waals surface area contributed by atoms with E-state index in [2.05, 4.69) is 4.72 Å². The van der Waals surface area contributed by atoms with E-state index >= 15 is 0 Å². The van der Waals surface area contributed by atoms with Crippen LogP contribution in [0.2, 0.25) is 0 Å². The van der Waals surface area contributed by atoms with E-state index in [0.29, 0.717) is 18.7 Å². The van der Waals surface area contributed by atoms with Crippen LogP contribution >= 0.6 is 11.3 Å². The van der Waals surface area contributed by atoms with Crippen LogP contribution in [-0.2, 0) is 14.8 Å². The smallest absolute Gasteiger partial charge is 0.226 e. The quantitative estimate of drug-likeness (QED) is 0.805. The van der Waals surface area contributed by atoms with Crippen molar-refractivity contribution < 1.29 is 17.6 Å². The van der Waals surface area contributed by atoms with E-state index in [-0.39, 0.29) is 29.6 Å². The Kier molecular flexibility index (Phi) is 5.28. The molecule has 1 aliphatic heterocycles. The highest BCUT2D eigenvalue weighted by Gasteiger charge is 2.48. The van der Waals surface area contributed by atoms with Crippen LogP contribution in [0.5, 0.6) is 0 Å². The van der Waals surface area contributed by atoms with E-state index in [1.165, 1.54) is 6.07 Å². The molecular formula is C20H23FN2O3S2. The van der Waals surface area contributed by atoms with Gasteiger partial charge < -0.3 is 4.90 Å². The molecule has 1 aromatic heterocycles. The third-order valence-corrected chi connectivity index (χ3v) is 7.23. The van der Waals surface area contributed by atoms with Gasteiger partial charge in [-0.3, -0.25) is 4.79 Å². The molecule has 1 N–H and O–H groups in total. The van der Waals surface area contributed by atoms with E-state index in [1.807, 2.05) is 17.5 Å². The van der Waals surface area contributed by atoms with Crippen molar-refractivity contribution in [2.75, 3.05) is 19.3 Å². The molecule has 1 saturated heterocycles. The van der Waals surface area contributed by atoms with Gasteiger partial charge in [-0.2, -0.15) is 0 Å². The van der Waals surface area contributed by atoms with Gasteiger partial charge in [0.05, 0.1) is 6.26 Å². The third kappa shape index (κ3) is 4.14. The monoisotopic (exact) mass is 422 g/mol. The first kappa shape index (κ1) is 19.5. The number of thiophene rings is 1. The normalized spacial score (nSPS) is 24.9. The number of carbonyl (C=O) groups excluding carboxylic acids is 1. The van der Waals surface area contributed by atoms with Crippen molar-refractivity contribution in [1.29, 1.82) is 0 Å². The summed E-state index contributed by atoms with van der Waals surface area (Å²) < 4.78 is 39.8. The van der Waals surface area contributed by atoms with Crippen LogP contribution in [0.25, 0.3) is 11.1 Å². The minimum Gasteiger partial charge on any atom is -0.341 e. The number of piperidine rings is 1. The Balaban J connectivity index is 1.46. The van der Waals surface area contributed by atoms with Gasteiger partial charge in [0.25, 0.3) is 0 Å². The second kappa shape index (κ2) is 7.57. The summed E-state index contributed by atoms with van der Waals surface area (Å²) in [5.41, 5.74) is 1.45. The zero-order chi connectivity index (χ0) is 19.9. The molecule has 3 atom stereocenters. The van der Waals surface area contributed by atoms with Gasteiger partial charge in [-0.1, -0.05) is 18.2 Å². The number of rotatable bonds is 5. The van der Waals surface area contributed by atoms with Crippen LogP contribution in [0.1, 0.15) is 30.1 Å². The van der Waals surface area contributed by atoms with E-state index < -0.39 is 10.0 Å². The summed E-state index contributed by atoms with van der Waals surface area (Å²) in [5.74, 6) is -0.152. The molecule has 1 saturated carbocycles. The van der Waals surface area contributed by atoms with Crippen molar-refractivity contribution in [3.63, 3.8) is 0 Å². The molecule has 28 heavy (non-hydrogen) atoms. The average molecular weight is 423 g/mol. The third-order valence-electron chi connectivity index (χ3n) is 5.42. The lowest BCUT2D eigenvalue weighted by atomic mass is 10.0. The molecule has 0 bridgehead atoms. The van der Waals surface area contributed by atoms with Crippen molar-refractivity contribution in [2.45, 2.75) is 31.2 Å². The Bertz CT molecular complexity index is 989. The molecule has 2 aromatic rings. The zero-order valence-electron chi connectivity index (χ0n) is 15.6. The van der Waals surface area contributed by atoms with Gasteiger partial charge >= 0.3 is 0 Å². The number of hydrogen-bond acceptors (Lipinski definition) is 4. The van der Waals surface area contributed by atoms with E-state index in [1.54, 1.807) is 28.4 Å². The molecular weight excluding hydrogens is 399 g/mol. The van der Waals surface area contributed by atoms with Crippen molar-refractivity contribution >= 4 is 27.3 Å². The lowest BCUT2D eigenvalue weighted by Gasteiger charge is -2.33. The summed E-state index contributed by atoms with van der Waals surface area (Å²) in [6.07, 6.45) is 3.44. The number of hydrogen-bond donors (Lipinski definition) is 1. The Morgan fingerprint density at radius 1 is 1.25 bits per heavy atom. The highest BCUT2D eigenvalue weighted by atomic mass is 32.2. The average Bonchev–Trinajstić information content (AvgIpc) is 3.29. The number of benzene rings is 1.